The first-order valence-corrected chi connectivity index (χ1v) is 9.45. The van der Waals surface area contributed by atoms with Gasteiger partial charge < -0.3 is 0 Å². The molecule has 0 amide bonds. The highest BCUT2D eigenvalue weighted by atomic mass is 17.2. The molecule has 2 nitrogen and oxygen atoms in total. The molecule has 0 unspecified atom stereocenters. The zero-order valence-corrected chi connectivity index (χ0v) is 16.3. The molecular formula is C20H42O2. The topological polar surface area (TPSA) is 18.5 Å². The van der Waals surface area contributed by atoms with Crippen LogP contribution in [0.15, 0.2) is 0 Å². The van der Waals surface area contributed by atoms with Gasteiger partial charge in [-0.15, -0.1) is 0 Å². The van der Waals surface area contributed by atoms with Crippen molar-refractivity contribution in [3.05, 3.63) is 0 Å². The minimum atomic E-state index is 0.479. The Kier molecular flexibility index (Phi) is 12.3. The van der Waals surface area contributed by atoms with Crippen LogP contribution < -0.4 is 0 Å². The van der Waals surface area contributed by atoms with Gasteiger partial charge in [0.1, 0.15) is 0 Å². The van der Waals surface area contributed by atoms with E-state index in [1.54, 1.807) is 0 Å². The van der Waals surface area contributed by atoms with Crippen LogP contribution >= 0.6 is 0 Å². The van der Waals surface area contributed by atoms with E-state index in [1.807, 2.05) is 0 Å². The van der Waals surface area contributed by atoms with Crippen LogP contribution in [0.25, 0.3) is 0 Å². The van der Waals surface area contributed by atoms with Crippen LogP contribution in [-0.4, -0.2) is 13.2 Å². The smallest absolute Gasteiger partial charge is 0.0822 e. The molecule has 0 spiro atoms. The second-order valence-electron chi connectivity index (χ2n) is 9.09. The summed E-state index contributed by atoms with van der Waals surface area (Å²) in [4.78, 5) is 10.5. The maximum atomic E-state index is 5.24. The van der Waals surface area contributed by atoms with Crippen LogP contribution in [0.1, 0.15) is 106 Å². The monoisotopic (exact) mass is 314 g/mol. The van der Waals surface area contributed by atoms with Gasteiger partial charge >= 0.3 is 0 Å². The summed E-state index contributed by atoms with van der Waals surface area (Å²) in [5, 5.41) is 0. The molecule has 0 saturated carbocycles. The fraction of sp³-hybridized carbons (Fsp3) is 1.00. The summed E-state index contributed by atoms with van der Waals surface area (Å²) in [6.07, 6.45) is 12.7. The lowest BCUT2D eigenvalue weighted by atomic mass is 9.89. The summed E-state index contributed by atoms with van der Waals surface area (Å²) in [5.74, 6) is 0. The van der Waals surface area contributed by atoms with Crippen molar-refractivity contribution in [2.24, 2.45) is 10.8 Å². The maximum absolute atomic E-state index is 5.24. The highest BCUT2D eigenvalue weighted by molar-refractivity contribution is 4.61. The fourth-order valence-corrected chi connectivity index (χ4v) is 2.46. The van der Waals surface area contributed by atoms with Gasteiger partial charge in [-0.25, -0.2) is 9.78 Å². The third-order valence-corrected chi connectivity index (χ3v) is 3.89. The van der Waals surface area contributed by atoms with Gasteiger partial charge in [0.25, 0.3) is 0 Å². The molecule has 0 aliphatic heterocycles. The van der Waals surface area contributed by atoms with Crippen molar-refractivity contribution in [1.29, 1.82) is 0 Å². The Morgan fingerprint density at radius 2 is 0.773 bits per heavy atom. The van der Waals surface area contributed by atoms with Crippen molar-refractivity contribution < 1.29 is 9.78 Å². The van der Waals surface area contributed by atoms with Crippen molar-refractivity contribution in [3.8, 4) is 0 Å². The molecule has 22 heavy (non-hydrogen) atoms. The van der Waals surface area contributed by atoms with Crippen LogP contribution in [0.3, 0.4) is 0 Å². The highest BCUT2D eigenvalue weighted by Gasteiger charge is 2.09. The largest absolute Gasteiger partial charge is 0.237 e. The van der Waals surface area contributed by atoms with Gasteiger partial charge in [0.05, 0.1) is 13.2 Å². The van der Waals surface area contributed by atoms with Gasteiger partial charge in [-0.2, -0.15) is 0 Å². The van der Waals surface area contributed by atoms with E-state index in [9.17, 15) is 0 Å². The standard InChI is InChI=1S/C20H42O2/c1-19(2,3)15-11-7-9-13-17-21-22-18-14-10-8-12-16-20(4,5)6/h7-18H2,1-6H3. The lowest BCUT2D eigenvalue weighted by Gasteiger charge is -2.17. The van der Waals surface area contributed by atoms with Crippen LogP contribution in [0.5, 0.6) is 0 Å². The fourth-order valence-electron chi connectivity index (χ4n) is 2.46. The number of unbranched alkanes of at least 4 members (excludes halogenated alkanes) is 6. The SMILES string of the molecule is CC(C)(C)CCCCCCOOCCCCCCC(C)(C)C. The zero-order chi connectivity index (χ0) is 16.9. The Bertz CT molecular complexity index is 209. The lowest BCUT2D eigenvalue weighted by molar-refractivity contribution is -0.295. The van der Waals surface area contributed by atoms with Crippen molar-refractivity contribution in [2.45, 2.75) is 106 Å². The summed E-state index contributed by atoms with van der Waals surface area (Å²) in [6, 6.07) is 0. The van der Waals surface area contributed by atoms with Gasteiger partial charge in [0.2, 0.25) is 0 Å². The molecule has 0 atom stereocenters. The van der Waals surface area contributed by atoms with E-state index in [-0.39, 0.29) is 0 Å². The second kappa shape index (κ2) is 12.4. The van der Waals surface area contributed by atoms with E-state index in [0.717, 1.165) is 26.1 Å². The van der Waals surface area contributed by atoms with Crippen molar-refractivity contribution in [2.75, 3.05) is 13.2 Å². The van der Waals surface area contributed by atoms with E-state index in [0.29, 0.717) is 10.8 Å². The van der Waals surface area contributed by atoms with Crippen LogP contribution in [0.4, 0.5) is 0 Å². The number of hydrogen-bond acceptors (Lipinski definition) is 2. The molecule has 0 aliphatic rings. The number of rotatable bonds is 13. The van der Waals surface area contributed by atoms with Crippen LogP contribution in [0, 0.1) is 10.8 Å². The molecule has 0 aromatic rings. The Labute approximate surface area is 140 Å². The van der Waals surface area contributed by atoms with Gasteiger partial charge in [-0.1, -0.05) is 80.1 Å². The summed E-state index contributed by atoms with van der Waals surface area (Å²) in [5.41, 5.74) is 0.957. The molecule has 0 aromatic heterocycles. The molecule has 134 valence electrons. The molecule has 2 heteroatoms. The Balaban J connectivity index is 3.09. The van der Waals surface area contributed by atoms with Gasteiger partial charge in [0.15, 0.2) is 0 Å². The minimum Gasteiger partial charge on any atom is -0.237 e. The van der Waals surface area contributed by atoms with E-state index < -0.39 is 0 Å². The summed E-state index contributed by atoms with van der Waals surface area (Å²) >= 11 is 0. The number of hydrogen-bond donors (Lipinski definition) is 0. The van der Waals surface area contributed by atoms with Crippen LogP contribution in [0.2, 0.25) is 0 Å². The average Bonchev–Trinajstić information content (AvgIpc) is 2.36. The maximum Gasteiger partial charge on any atom is 0.0822 e. The second-order valence-corrected chi connectivity index (χ2v) is 9.09. The van der Waals surface area contributed by atoms with E-state index in [1.165, 1.54) is 51.4 Å². The molecule has 0 bridgehead atoms. The minimum absolute atomic E-state index is 0.479. The van der Waals surface area contributed by atoms with Crippen LogP contribution in [-0.2, 0) is 9.78 Å². The third-order valence-electron chi connectivity index (χ3n) is 3.89. The van der Waals surface area contributed by atoms with E-state index in [4.69, 9.17) is 9.78 Å². The van der Waals surface area contributed by atoms with Gasteiger partial charge in [-0.05, 0) is 36.5 Å². The molecule has 0 saturated heterocycles. The van der Waals surface area contributed by atoms with Crippen molar-refractivity contribution in [1.82, 2.24) is 0 Å². The first kappa shape index (κ1) is 21.9. The highest BCUT2D eigenvalue weighted by Crippen LogP contribution is 2.23. The molecule has 0 aliphatic carbocycles. The Morgan fingerprint density at radius 1 is 0.455 bits per heavy atom. The zero-order valence-electron chi connectivity index (χ0n) is 16.3. The molecule has 0 N–H and O–H groups in total. The summed E-state index contributed by atoms with van der Waals surface area (Å²) in [7, 11) is 0. The molecule has 0 heterocycles. The Hall–Kier alpha value is -0.0800. The average molecular weight is 315 g/mol. The lowest BCUT2D eigenvalue weighted by Crippen LogP contribution is -2.04. The van der Waals surface area contributed by atoms with Crippen molar-refractivity contribution in [3.63, 3.8) is 0 Å². The predicted molar refractivity (Wildman–Crippen MR) is 97.0 cm³/mol. The van der Waals surface area contributed by atoms with Gasteiger partial charge in [0, 0.05) is 0 Å². The molecule has 0 aromatic carbocycles. The summed E-state index contributed by atoms with van der Waals surface area (Å²) < 4.78 is 0. The molecule has 0 fully saturated rings. The van der Waals surface area contributed by atoms with Crippen molar-refractivity contribution >= 4 is 0 Å². The predicted octanol–water partition coefficient (Wildman–Crippen LogP) is 6.93. The van der Waals surface area contributed by atoms with Gasteiger partial charge in [-0.3, -0.25) is 0 Å². The molecular weight excluding hydrogens is 272 g/mol. The summed E-state index contributed by atoms with van der Waals surface area (Å²) in [6.45, 7) is 15.4. The Morgan fingerprint density at radius 3 is 1.09 bits per heavy atom. The van der Waals surface area contributed by atoms with E-state index >= 15 is 0 Å². The molecule has 0 radical (unpaired) electrons. The third kappa shape index (κ3) is 19.9. The van der Waals surface area contributed by atoms with E-state index in [2.05, 4.69) is 41.5 Å². The first-order valence-electron chi connectivity index (χ1n) is 9.45. The molecule has 0 rings (SSSR count). The normalized spacial score (nSPS) is 12.8. The first-order chi connectivity index (χ1) is 10.2. The quantitative estimate of drug-likeness (QED) is 0.208.